The molecule has 2 unspecified atom stereocenters. The number of amides is 1. The second-order valence-corrected chi connectivity index (χ2v) is 4.87. The molecule has 5 nitrogen and oxygen atoms in total. The van der Waals surface area contributed by atoms with Crippen LogP contribution in [0, 0.1) is 5.92 Å². The lowest BCUT2D eigenvalue weighted by Gasteiger charge is -2.22. The highest BCUT2D eigenvalue weighted by Crippen LogP contribution is 2.21. The standard InChI is InChI=1S/C14H26N2O3/c1-3-8-13(12(2)19-14(15)18)9-6-4-5-7-10-16-11-17/h12-13H,3-10H2,1-2H3,(H2,15,18). The Bertz CT molecular complexity index is 288. The van der Waals surface area contributed by atoms with Gasteiger partial charge in [0, 0.05) is 0 Å². The van der Waals surface area contributed by atoms with Crippen molar-refractivity contribution in [2.24, 2.45) is 16.6 Å². The number of carbonyl (C=O) groups excluding carboxylic acids is 2. The fourth-order valence-corrected chi connectivity index (χ4v) is 2.26. The van der Waals surface area contributed by atoms with E-state index in [4.69, 9.17) is 10.5 Å². The molecule has 2 atom stereocenters. The molecule has 110 valence electrons. The van der Waals surface area contributed by atoms with Crippen LogP contribution in [-0.4, -0.2) is 24.8 Å². The van der Waals surface area contributed by atoms with E-state index in [1.807, 2.05) is 6.92 Å². The predicted molar refractivity (Wildman–Crippen MR) is 74.6 cm³/mol. The quantitative estimate of drug-likeness (QED) is 0.355. The first kappa shape index (κ1) is 17.6. The van der Waals surface area contributed by atoms with Crippen molar-refractivity contribution < 1.29 is 14.3 Å². The zero-order valence-corrected chi connectivity index (χ0v) is 12.1. The molecule has 0 radical (unpaired) electrons. The molecule has 0 fully saturated rings. The lowest BCUT2D eigenvalue weighted by atomic mass is 9.91. The summed E-state index contributed by atoms with van der Waals surface area (Å²) in [4.78, 5) is 24.1. The van der Waals surface area contributed by atoms with Gasteiger partial charge in [-0.05, 0) is 32.1 Å². The van der Waals surface area contributed by atoms with E-state index >= 15 is 0 Å². The number of nitrogens with zero attached hydrogens (tertiary/aromatic N) is 1. The number of isocyanates is 1. The summed E-state index contributed by atoms with van der Waals surface area (Å²) in [5, 5.41) is 0. The summed E-state index contributed by atoms with van der Waals surface area (Å²) in [5.74, 6) is 0.380. The average Bonchev–Trinajstić information content (AvgIpc) is 2.35. The number of primary amides is 1. The maximum Gasteiger partial charge on any atom is 0.404 e. The van der Waals surface area contributed by atoms with Crippen LogP contribution in [0.25, 0.3) is 0 Å². The third-order valence-electron chi connectivity index (χ3n) is 3.28. The molecule has 0 aliphatic carbocycles. The number of nitrogens with two attached hydrogens (primary N) is 1. The van der Waals surface area contributed by atoms with E-state index in [1.165, 1.54) is 0 Å². The van der Waals surface area contributed by atoms with Gasteiger partial charge < -0.3 is 10.5 Å². The highest BCUT2D eigenvalue weighted by molar-refractivity contribution is 5.64. The molecule has 0 rings (SSSR count). The van der Waals surface area contributed by atoms with Crippen LogP contribution in [0.5, 0.6) is 0 Å². The number of carbonyl (C=O) groups is 1. The zero-order valence-electron chi connectivity index (χ0n) is 12.1. The summed E-state index contributed by atoms with van der Waals surface area (Å²) in [7, 11) is 0. The fraction of sp³-hybridized carbons (Fsp3) is 0.857. The number of aliphatic imine (C=N–C) groups is 1. The smallest absolute Gasteiger partial charge is 0.404 e. The highest BCUT2D eigenvalue weighted by Gasteiger charge is 2.18. The van der Waals surface area contributed by atoms with Gasteiger partial charge in [0.05, 0.1) is 6.54 Å². The molecule has 1 amide bonds. The van der Waals surface area contributed by atoms with Gasteiger partial charge in [-0.25, -0.2) is 14.6 Å². The third kappa shape index (κ3) is 10.3. The Morgan fingerprint density at radius 2 is 1.95 bits per heavy atom. The monoisotopic (exact) mass is 270 g/mol. The van der Waals surface area contributed by atoms with Crippen LogP contribution in [0.1, 0.15) is 58.8 Å². The van der Waals surface area contributed by atoms with Crippen LogP contribution in [0.2, 0.25) is 0 Å². The van der Waals surface area contributed by atoms with Crippen LogP contribution < -0.4 is 5.73 Å². The minimum Gasteiger partial charge on any atom is -0.446 e. The van der Waals surface area contributed by atoms with Gasteiger partial charge in [-0.15, -0.1) is 0 Å². The molecule has 0 aromatic carbocycles. The van der Waals surface area contributed by atoms with Crippen molar-refractivity contribution in [1.82, 2.24) is 0 Å². The van der Waals surface area contributed by atoms with Gasteiger partial charge in [0.2, 0.25) is 6.08 Å². The second kappa shape index (κ2) is 11.7. The topological polar surface area (TPSA) is 81.8 Å². The van der Waals surface area contributed by atoms with Gasteiger partial charge >= 0.3 is 6.09 Å². The largest absolute Gasteiger partial charge is 0.446 e. The molecule has 0 aromatic rings. The van der Waals surface area contributed by atoms with Crippen molar-refractivity contribution in [2.75, 3.05) is 6.54 Å². The fourth-order valence-electron chi connectivity index (χ4n) is 2.26. The molecule has 0 saturated carbocycles. The highest BCUT2D eigenvalue weighted by atomic mass is 16.6. The molecule has 0 bridgehead atoms. The summed E-state index contributed by atoms with van der Waals surface area (Å²) in [6.45, 7) is 4.61. The summed E-state index contributed by atoms with van der Waals surface area (Å²) < 4.78 is 5.06. The minimum absolute atomic E-state index is 0.114. The second-order valence-electron chi connectivity index (χ2n) is 4.87. The third-order valence-corrected chi connectivity index (χ3v) is 3.28. The van der Waals surface area contributed by atoms with Gasteiger partial charge in [0.1, 0.15) is 6.10 Å². The Morgan fingerprint density at radius 3 is 2.53 bits per heavy atom. The number of unbranched alkanes of at least 4 members (excludes halogenated alkanes) is 3. The number of ether oxygens (including phenoxy) is 1. The molecule has 0 aliphatic rings. The van der Waals surface area contributed by atoms with Crippen molar-refractivity contribution in [3.63, 3.8) is 0 Å². The molecular formula is C14H26N2O3. The van der Waals surface area contributed by atoms with Crippen molar-refractivity contribution in [2.45, 2.75) is 64.9 Å². The van der Waals surface area contributed by atoms with E-state index in [-0.39, 0.29) is 6.10 Å². The lowest BCUT2D eigenvalue weighted by Crippen LogP contribution is -2.27. The Balaban J connectivity index is 3.81. The molecule has 2 N–H and O–H groups in total. The normalized spacial score (nSPS) is 13.4. The molecule has 5 heteroatoms. The first-order valence-corrected chi connectivity index (χ1v) is 7.11. The van der Waals surface area contributed by atoms with Gasteiger partial charge in [0.25, 0.3) is 0 Å². The molecular weight excluding hydrogens is 244 g/mol. The van der Waals surface area contributed by atoms with E-state index in [1.54, 1.807) is 6.08 Å². The number of hydrogen-bond acceptors (Lipinski definition) is 4. The SMILES string of the molecule is CCCC(CCCCCCN=C=O)C(C)OC(N)=O. The van der Waals surface area contributed by atoms with Crippen molar-refractivity contribution in [3.05, 3.63) is 0 Å². The average molecular weight is 270 g/mol. The summed E-state index contributed by atoms with van der Waals surface area (Å²) in [6.07, 6.45) is 8.10. The first-order chi connectivity index (χ1) is 9.11. The maximum atomic E-state index is 10.8. The molecule has 0 heterocycles. The summed E-state index contributed by atoms with van der Waals surface area (Å²) in [5.41, 5.74) is 5.05. The Kier molecular flexibility index (Phi) is 10.9. The van der Waals surface area contributed by atoms with Gasteiger partial charge in [-0.2, -0.15) is 0 Å². The van der Waals surface area contributed by atoms with E-state index in [0.717, 1.165) is 44.9 Å². The minimum atomic E-state index is -0.694. The van der Waals surface area contributed by atoms with Gasteiger partial charge in [0.15, 0.2) is 0 Å². The van der Waals surface area contributed by atoms with E-state index in [0.29, 0.717) is 12.5 Å². The number of hydrogen-bond donors (Lipinski definition) is 1. The molecule has 19 heavy (non-hydrogen) atoms. The van der Waals surface area contributed by atoms with E-state index in [2.05, 4.69) is 11.9 Å². The molecule has 0 aliphatic heterocycles. The van der Waals surface area contributed by atoms with Crippen LogP contribution in [0.15, 0.2) is 4.99 Å². The lowest BCUT2D eigenvalue weighted by molar-refractivity contribution is 0.0723. The Hall–Kier alpha value is -1.35. The Morgan fingerprint density at radius 1 is 1.26 bits per heavy atom. The van der Waals surface area contributed by atoms with Gasteiger partial charge in [-0.1, -0.05) is 32.6 Å². The van der Waals surface area contributed by atoms with Crippen LogP contribution in [-0.2, 0) is 9.53 Å². The van der Waals surface area contributed by atoms with E-state index < -0.39 is 6.09 Å². The number of rotatable bonds is 11. The molecule has 0 spiro atoms. The van der Waals surface area contributed by atoms with Crippen LogP contribution >= 0.6 is 0 Å². The zero-order chi connectivity index (χ0) is 14.5. The van der Waals surface area contributed by atoms with Crippen LogP contribution in [0.4, 0.5) is 4.79 Å². The maximum absolute atomic E-state index is 10.8. The van der Waals surface area contributed by atoms with Crippen molar-refractivity contribution in [3.8, 4) is 0 Å². The van der Waals surface area contributed by atoms with Crippen LogP contribution in [0.3, 0.4) is 0 Å². The van der Waals surface area contributed by atoms with Crippen molar-refractivity contribution in [1.29, 1.82) is 0 Å². The summed E-state index contributed by atoms with van der Waals surface area (Å²) >= 11 is 0. The predicted octanol–water partition coefficient (Wildman–Crippen LogP) is 3.17. The Labute approximate surface area is 115 Å². The molecule has 0 aromatic heterocycles. The summed E-state index contributed by atoms with van der Waals surface area (Å²) in [6, 6.07) is 0. The molecule has 0 saturated heterocycles. The van der Waals surface area contributed by atoms with E-state index in [9.17, 15) is 9.59 Å². The first-order valence-electron chi connectivity index (χ1n) is 7.11. The van der Waals surface area contributed by atoms with Crippen molar-refractivity contribution >= 4 is 12.2 Å². The van der Waals surface area contributed by atoms with Gasteiger partial charge in [-0.3, -0.25) is 0 Å².